The third-order valence-electron chi connectivity index (χ3n) is 6.03. The monoisotopic (exact) mass is 483 g/mol. The van der Waals surface area contributed by atoms with Gasteiger partial charge in [-0.3, -0.25) is 24.1 Å². The zero-order valence-electron chi connectivity index (χ0n) is 18.9. The maximum Gasteiger partial charge on any atom is 0.262 e. The van der Waals surface area contributed by atoms with Crippen molar-refractivity contribution in [1.29, 1.82) is 0 Å². The van der Waals surface area contributed by atoms with Crippen LogP contribution < -0.4 is 10.2 Å². The lowest BCUT2D eigenvalue weighted by atomic mass is 10.1. The van der Waals surface area contributed by atoms with Crippen LogP contribution in [0.5, 0.6) is 0 Å². The molecule has 34 heavy (non-hydrogen) atoms. The minimum Gasteiger partial charge on any atom is -0.324 e. The van der Waals surface area contributed by atoms with Crippen LogP contribution in [-0.4, -0.2) is 61.5 Å². The molecule has 2 aliphatic rings. The molecule has 10 heteroatoms. The van der Waals surface area contributed by atoms with Gasteiger partial charge in [-0.05, 0) is 55.7 Å². The minimum absolute atomic E-state index is 0.0475. The molecule has 4 amide bonds. The van der Waals surface area contributed by atoms with Crippen LogP contribution in [0, 0.1) is 6.92 Å². The van der Waals surface area contributed by atoms with Crippen LogP contribution in [0.25, 0.3) is 0 Å². The van der Waals surface area contributed by atoms with Gasteiger partial charge in [-0.1, -0.05) is 12.1 Å². The van der Waals surface area contributed by atoms with Gasteiger partial charge in [-0.2, -0.15) is 0 Å². The number of aryl methyl sites for hydroxylation is 1. The average molecular weight is 484 g/mol. The Morgan fingerprint density at radius 1 is 1.06 bits per heavy atom. The second-order valence-corrected chi connectivity index (χ2v) is 10.9. The molecule has 4 rings (SSSR count). The summed E-state index contributed by atoms with van der Waals surface area (Å²) >= 11 is 0. The molecule has 0 unspecified atom stereocenters. The van der Waals surface area contributed by atoms with E-state index in [4.69, 9.17) is 0 Å². The molecule has 0 radical (unpaired) electrons. The van der Waals surface area contributed by atoms with Crippen molar-refractivity contribution in [3.8, 4) is 0 Å². The lowest BCUT2D eigenvalue weighted by molar-refractivity contribution is -0.120. The summed E-state index contributed by atoms with van der Waals surface area (Å²) in [5.41, 5.74) is 2.31. The lowest BCUT2D eigenvalue weighted by Crippen LogP contribution is -2.48. The van der Waals surface area contributed by atoms with E-state index >= 15 is 0 Å². The Hall–Kier alpha value is -3.53. The van der Waals surface area contributed by atoms with E-state index in [0.29, 0.717) is 18.7 Å². The highest BCUT2D eigenvalue weighted by Crippen LogP contribution is 2.29. The van der Waals surface area contributed by atoms with E-state index in [1.54, 1.807) is 35.2 Å². The first-order chi connectivity index (χ1) is 16.1. The van der Waals surface area contributed by atoms with Crippen molar-refractivity contribution in [1.82, 2.24) is 4.90 Å². The number of carbonyl (C=O) groups excluding carboxylic acids is 4. The van der Waals surface area contributed by atoms with Crippen molar-refractivity contribution in [2.24, 2.45) is 0 Å². The Morgan fingerprint density at radius 3 is 2.24 bits per heavy atom. The van der Waals surface area contributed by atoms with Crippen molar-refractivity contribution in [3.63, 3.8) is 0 Å². The molecule has 0 spiro atoms. The lowest BCUT2D eigenvalue weighted by Gasteiger charge is -2.25. The van der Waals surface area contributed by atoms with Crippen LogP contribution in [0.15, 0.2) is 42.5 Å². The molecular formula is C24H25N3O6S. The molecule has 0 bridgehead atoms. The van der Waals surface area contributed by atoms with Crippen molar-refractivity contribution < 1.29 is 27.6 Å². The molecule has 2 heterocycles. The molecule has 2 aromatic rings. The van der Waals surface area contributed by atoms with Crippen LogP contribution in [0.2, 0.25) is 0 Å². The number of rotatable bonds is 7. The SMILES string of the molecule is Cc1cc(NC(=O)[C@@H](CCS(C)(=O)=O)N2C(=O)c3ccccc3C2=O)ccc1N1CCCC1=O. The van der Waals surface area contributed by atoms with Crippen LogP contribution >= 0.6 is 0 Å². The van der Waals surface area contributed by atoms with Crippen molar-refractivity contribution in [2.75, 3.05) is 28.8 Å². The summed E-state index contributed by atoms with van der Waals surface area (Å²) in [6.07, 6.45) is 2.10. The van der Waals surface area contributed by atoms with Gasteiger partial charge in [0.05, 0.1) is 16.9 Å². The third kappa shape index (κ3) is 4.58. The maximum atomic E-state index is 13.2. The number of benzene rings is 2. The molecule has 2 aromatic carbocycles. The molecule has 178 valence electrons. The maximum absolute atomic E-state index is 13.2. The van der Waals surface area contributed by atoms with Crippen molar-refractivity contribution in [3.05, 3.63) is 59.2 Å². The van der Waals surface area contributed by atoms with E-state index in [2.05, 4.69) is 5.32 Å². The number of imide groups is 1. The zero-order chi connectivity index (χ0) is 24.6. The topological polar surface area (TPSA) is 121 Å². The molecule has 0 aromatic heterocycles. The highest BCUT2D eigenvalue weighted by Gasteiger charge is 2.42. The first kappa shape index (κ1) is 23.6. The Kier molecular flexibility index (Phi) is 6.26. The van der Waals surface area contributed by atoms with Gasteiger partial charge in [0.2, 0.25) is 11.8 Å². The summed E-state index contributed by atoms with van der Waals surface area (Å²) in [7, 11) is -3.45. The number of amides is 4. The quantitative estimate of drug-likeness (QED) is 0.603. The van der Waals surface area contributed by atoms with Gasteiger partial charge in [0, 0.05) is 30.6 Å². The standard InChI is InChI=1S/C24H25N3O6S/c1-15-14-16(9-10-19(15)26-12-5-8-21(26)28)25-22(29)20(11-13-34(2,32)33)27-23(30)17-6-3-4-7-18(17)24(27)31/h3-4,6-7,9-10,14,20H,5,8,11-13H2,1-2H3,(H,25,29)/t20-/m1/s1. The zero-order valence-corrected chi connectivity index (χ0v) is 19.7. The normalized spacial score (nSPS) is 16.7. The molecule has 1 atom stereocenters. The number of anilines is 2. The van der Waals surface area contributed by atoms with Crippen molar-refractivity contribution in [2.45, 2.75) is 32.2 Å². The predicted octanol–water partition coefficient (Wildman–Crippen LogP) is 2.16. The molecule has 2 aliphatic heterocycles. The second-order valence-electron chi connectivity index (χ2n) is 8.60. The molecular weight excluding hydrogens is 458 g/mol. The number of fused-ring (bicyclic) bond motifs is 1. The summed E-state index contributed by atoms with van der Waals surface area (Å²) in [5.74, 6) is -2.25. The number of nitrogens with zero attached hydrogens (tertiary/aromatic N) is 2. The van der Waals surface area contributed by atoms with Gasteiger partial charge >= 0.3 is 0 Å². The number of carbonyl (C=O) groups is 4. The molecule has 0 saturated carbocycles. The molecule has 0 aliphatic carbocycles. The van der Waals surface area contributed by atoms with Crippen molar-refractivity contribution >= 4 is 44.8 Å². The number of nitrogens with one attached hydrogen (secondary N) is 1. The van der Waals surface area contributed by atoms with Crippen LogP contribution in [-0.2, 0) is 19.4 Å². The van der Waals surface area contributed by atoms with E-state index in [1.165, 1.54) is 12.1 Å². The highest BCUT2D eigenvalue weighted by atomic mass is 32.2. The molecule has 1 saturated heterocycles. The Balaban J connectivity index is 1.59. The van der Waals surface area contributed by atoms with Gasteiger partial charge in [-0.25, -0.2) is 8.42 Å². The fraction of sp³-hybridized carbons (Fsp3) is 0.333. The summed E-state index contributed by atoms with van der Waals surface area (Å²) in [6, 6.07) is 10.0. The van der Waals surface area contributed by atoms with E-state index in [0.717, 1.165) is 28.8 Å². The third-order valence-corrected chi connectivity index (χ3v) is 7.01. The second kappa shape index (κ2) is 9.02. The van der Waals surface area contributed by atoms with Gasteiger partial charge in [0.1, 0.15) is 15.9 Å². The van der Waals surface area contributed by atoms with Gasteiger partial charge in [0.15, 0.2) is 0 Å². The van der Waals surface area contributed by atoms with Crippen LogP contribution in [0.4, 0.5) is 11.4 Å². The Labute approximate surface area is 197 Å². The first-order valence-corrected chi connectivity index (χ1v) is 13.0. The molecule has 1 N–H and O–H groups in total. The fourth-order valence-electron chi connectivity index (χ4n) is 4.36. The minimum atomic E-state index is -3.45. The van der Waals surface area contributed by atoms with Gasteiger partial charge in [0.25, 0.3) is 11.8 Å². The Morgan fingerprint density at radius 2 is 1.71 bits per heavy atom. The summed E-state index contributed by atoms with van der Waals surface area (Å²) in [6.45, 7) is 2.46. The smallest absolute Gasteiger partial charge is 0.262 e. The summed E-state index contributed by atoms with van der Waals surface area (Å²) in [4.78, 5) is 53.8. The van der Waals surface area contributed by atoms with Crippen LogP contribution in [0.1, 0.15) is 45.5 Å². The van der Waals surface area contributed by atoms with E-state index in [-0.39, 0.29) is 29.2 Å². The average Bonchev–Trinajstić information content (AvgIpc) is 3.30. The fourth-order valence-corrected chi connectivity index (χ4v) is 5.01. The number of hydrogen-bond donors (Lipinski definition) is 1. The number of sulfone groups is 1. The summed E-state index contributed by atoms with van der Waals surface area (Å²) < 4.78 is 23.6. The largest absolute Gasteiger partial charge is 0.324 e. The van der Waals surface area contributed by atoms with Gasteiger partial charge < -0.3 is 10.2 Å². The first-order valence-electron chi connectivity index (χ1n) is 10.9. The highest BCUT2D eigenvalue weighted by molar-refractivity contribution is 7.90. The van der Waals surface area contributed by atoms with Crippen LogP contribution in [0.3, 0.4) is 0 Å². The summed E-state index contributed by atoms with van der Waals surface area (Å²) in [5, 5.41) is 2.71. The molecule has 9 nitrogen and oxygen atoms in total. The molecule has 1 fully saturated rings. The van der Waals surface area contributed by atoms with Gasteiger partial charge in [-0.15, -0.1) is 0 Å². The van der Waals surface area contributed by atoms with E-state index in [9.17, 15) is 27.6 Å². The Bertz CT molecular complexity index is 1270. The predicted molar refractivity (Wildman–Crippen MR) is 126 cm³/mol. The van der Waals surface area contributed by atoms with E-state index < -0.39 is 33.6 Å². The van der Waals surface area contributed by atoms with E-state index in [1.807, 2.05) is 6.92 Å². The number of hydrogen-bond acceptors (Lipinski definition) is 6.